The van der Waals surface area contributed by atoms with Crippen molar-refractivity contribution in [3.05, 3.63) is 84.1 Å². The van der Waals surface area contributed by atoms with E-state index in [9.17, 15) is 0 Å². The van der Waals surface area contributed by atoms with Gasteiger partial charge in [-0.05, 0) is 48.2 Å². The van der Waals surface area contributed by atoms with Crippen molar-refractivity contribution < 1.29 is 0 Å². The van der Waals surface area contributed by atoms with Gasteiger partial charge in [-0.15, -0.1) is 0 Å². The largest absolute Gasteiger partial charge is 0.261 e. The number of allylic oxidation sites excluding steroid dienone is 2. The van der Waals surface area contributed by atoms with E-state index in [1.54, 1.807) is 6.08 Å². The summed E-state index contributed by atoms with van der Waals surface area (Å²) in [7, 11) is 0. The smallest absolute Gasteiger partial charge is 0.0991 e. The second kappa shape index (κ2) is 7.19. The monoisotopic (exact) mass is 286 g/mol. The van der Waals surface area contributed by atoms with Gasteiger partial charge in [0.05, 0.1) is 11.6 Å². The highest BCUT2D eigenvalue weighted by molar-refractivity contribution is 5.99. The van der Waals surface area contributed by atoms with Crippen molar-refractivity contribution in [1.82, 2.24) is 0 Å². The number of hydrogen-bond donors (Lipinski definition) is 0. The van der Waals surface area contributed by atoms with Gasteiger partial charge in [0.25, 0.3) is 0 Å². The van der Waals surface area contributed by atoms with Gasteiger partial charge in [0.1, 0.15) is 0 Å². The molecular weight excluding hydrogens is 268 g/mol. The Labute approximate surface area is 131 Å². The molecule has 0 heterocycles. The summed E-state index contributed by atoms with van der Waals surface area (Å²) in [6.07, 6.45) is 3.60. The zero-order chi connectivity index (χ0) is 15.9. The summed E-state index contributed by atoms with van der Waals surface area (Å²) in [4.78, 5) is 4.44. The quantitative estimate of drug-likeness (QED) is 0.567. The van der Waals surface area contributed by atoms with Crippen LogP contribution in [0.15, 0.2) is 78.0 Å². The maximum Gasteiger partial charge on any atom is 0.0991 e. The van der Waals surface area contributed by atoms with Crippen molar-refractivity contribution in [1.29, 1.82) is 5.26 Å². The molecule has 2 heteroatoms. The molecule has 0 aromatic heterocycles. The standard InChI is InChI=1S/C20H18N2/c1-4-15(2)14-22-16(3)18-9-11-20(12-10-18)19-7-5-17(13-21)6-8-19/h4-12,14H,1H2,2-3H3/b15-14-,22-16+. The SMILES string of the molecule is C=C/C(C)=C\N=C(/C)c1ccc(-c2ccc(C#N)cc2)cc1. The van der Waals surface area contributed by atoms with Gasteiger partial charge >= 0.3 is 0 Å². The van der Waals surface area contributed by atoms with E-state index in [1.807, 2.05) is 44.3 Å². The van der Waals surface area contributed by atoms with Gasteiger partial charge in [-0.1, -0.05) is 49.1 Å². The minimum Gasteiger partial charge on any atom is -0.261 e. The minimum absolute atomic E-state index is 0.674. The van der Waals surface area contributed by atoms with Crippen LogP contribution in [0.2, 0.25) is 0 Å². The summed E-state index contributed by atoms with van der Waals surface area (Å²) in [5.41, 5.74) is 5.99. The third kappa shape index (κ3) is 3.80. The van der Waals surface area contributed by atoms with E-state index in [0.29, 0.717) is 5.56 Å². The highest BCUT2D eigenvalue weighted by Crippen LogP contribution is 2.20. The molecule has 2 aromatic rings. The second-order valence-electron chi connectivity index (χ2n) is 5.06. The molecule has 0 spiro atoms. The molecule has 0 bridgehead atoms. The molecule has 22 heavy (non-hydrogen) atoms. The van der Waals surface area contributed by atoms with Crippen LogP contribution in [0.25, 0.3) is 11.1 Å². The second-order valence-corrected chi connectivity index (χ2v) is 5.06. The molecule has 0 fully saturated rings. The molecule has 0 amide bonds. The normalized spacial score (nSPS) is 11.9. The van der Waals surface area contributed by atoms with E-state index < -0.39 is 0 Å². The number of aliphatic imine (C=N–C) groups is 1. The highest BCUT2D eigenvalue weighted by Gasteiger charge is 2.00. The molecule has 2 aromatic carbocycles. The topological polar surface area (TPSA) is 36.1 Å². The van der Waals surface area contributed by atoms with Gasteiger partial charge in [0.15, 0.2) is 0 Å². The average Bonchev–Trinajstić information content (AvgIpc) is 2.59. The third-order valence-corrected chi connectivity index (χ3v) is 3.43. The van der Waals surface area contributed by atoms with Gasteiger partial charge in [-0.2, -0.15) is 5.26 Å². The fourth-order valence-electron chi connectivity index (χ4n) is 1.97. The van der Waals surface area contributed by atoms with Crippen LogP contribution in [0, 0.1) is 11.3 Å². The molecule has 0 atom stereocenters. The fraction of sp³-hybridized carbons (Fsp3) is 0.100. The summed E-state index contributed by atoms with van der Waals surface area (Å²) in [6.45, 7) is 7.67. The molecule has 0 saturated heterocycles. The lowest BCUT2D eigenvalue weighted by Crippen LogP contribution is -1.93. The Bertz CT molecular complexity index is 755. The van der Waals surface area contributed by atoms with Gasteiger partial charge in [-0.25, -0.2) is 0 Å². The summed E-state index contributed by atoms with van der Waals surface area (Å²) in [6, 6.07) is 18.0. The number of hydrogen-bond acceptors (Lipinski definition) is 2. The maximum atomic E-state index is 8.83. The van der Waals surface area contributed by atoms with E-state index in [-0.39, 0.29) is 0 Å². The van der Waals surface area contributed by atoms with Crippen LogP contribution in [-0.2, 0) is 0 Å². The summed E-state index contributed by atoms with van der Waals surface area (Å²) in [5, 5.41) is 8.83. The molecule has 2 nitrogen and oxygen atoms in total. The fourth-order valence-corrected chi connectivity index (χ4v) is 1.97. The lowest BCUT2D eigenvalue weighted by molar-refractivity contribution is 1.41. The first-order valence-electron chi connectivity index (χ1n) is 7.08. The van der Waals surface area contributed by atoms with E-state index in [1.165, 1.54) is 0 Å². The number of nitrogens with zero attached hydrogens (tertiary/aromatic N) is 2. The van der Waals surface area contributed by atoms with Crippen molar-refractivity contribution in [3.8, 4) is 17.2 Å². The first-order chi connectivity index (χ1) is 10.6. The molecule has 0 saturated carbocycles. The van der Waals surface area contributed by atoms with Crippen molar-refractivity contribution in [3.63, 3.8) is 0 Å². The Kier molecular flexibility index (Phi) is 5.06. The Morgan fingerprint density at radius 2 is 1.55 bits per heavy atom. The first-order valence-corrected chi connectivity index (χ1v) is 7.08. The van der Waals surface area contributed by atoms with Crippen LogP contribution in [0.5, 0.6) is 0 Å². The predicted octanol–water partition coefficient (Wildman–Crippen LogP) is 5.12. The van der Waals surface area contributed by atoms with Gasteiger partial charge in [0.2, 0.25) is 0 Å². The number of rotatable bonds is 4. The maximum absolute atomic E-state index is 8.83. The molecule has 108 valence electrons. The van der Waals surface area contributed by atoms with Crippen LogP contribution in [0.1, 0.15) is 25.0 Å². The van der Waals surface area contributed by atoms with Gasteiger partial charge in [-0.3, -0.25) is 4.99 Å². The van der Waals surface area contributed by atoms with Crippen LogP contribution < -0.4 is 0 Å². The van der Waals surface area contributed by atoms with Crippen molar-refractivity contribution in [2.75, 3.05) is 0 Å². The van der Waals surface area contributed by atoms with Crippen LogP contribution in [0.3, 0.4) is 0 Å². The third-order valence-electron chi connectivity index (χ3n) is 3.43. The predicted molar refractivity (Wildman–Crippen MR) is 92.8 cm³/mol. The summed E-state index contributed by atoms with van der Waals surface area (Å²) >= 11 is 0. The Balaban J connectivity index is 2.23. The molecule has 0 aliphatic carbocycles. The van der Waals surface area contributed by atoms with Gasteiger partial charge in [0, 0.05) is 11.9 Å². The summed E-state index contributed by atoms with van der Waals surface area (Å²) in [5.74, 6) is 0. The number of benzene rings is 2. The molecule has 0 aliphatic heterocycles. The molecule has 0 N–H and O–H groups in total. The lowest BCUT2D eigenvalue weighted by Gasteiger charge is -2.04. The molecule has 2 rings (SSSR count). The van der Waals surface area contributed by atoms with Crippen molar-refractivity contribution in [2.45, 2.75) is 13.8 Å². The van der Waals surface area contributed by atoms with Gasteiger partial charge < -0.3 is 0 Å². The van der Waals surface area contributed by atoms with Crippen LogP contribution in [0.4, 0.5) is 0 Å². The molecule has 0 unspecified atom stereocenters. The minimum atomic E-state index is 0.674. The Morgan fingerprint density at radius 3 is 2.05 bits per heavy atom. The molecular formula is C20H18N2. The molecule has 0 radical (unpaired) electrons. The lowest BCUT2D eigenvalue weighted by atomic mass is 10.0. The Morgan fingerprint density at radius 1 is 1.00 bits per heavy atom. The first kappa shape index (κ1) is 15.5. The highest BCUT2D eigenvalue weighted by atomic mass is 14.7. The van der Waals surface area contributed by atoms with E-state index in [2.05, 4.69) is 41.9 Å². The zero-order valence-electron chi connectivity index (χ0n) is 12.9. The van der Waals surface area contributed by atoms with Crippen molar-refractivity contribution >= 4 is 5.71 Å². The summed E-state index contributed by atoms with van der Waals surface area (Å²) < 4.78 is 0. The van der Waals surface area contributed by atoms with E-state index in [4.69, 9.17) is 5.26 Å². The van der Waals surface area contributed by atoms with Crippen molar-refractivity contribution in [2.24, 2.45) is 4.99 Å². The van der Waals surface area contributed by atoms with Crippen LogP contribution in [-0.4, -0.2) is 5.71 Å². The molecule has 0 aliphatic rings. The average molecular weight is 286 g/mol. The zero-order valence-corrected chi connectivity index (χ0v) is 12.9. The Hall–Kier alpha value is -2.92. The van der Waals surface area contributed by atoms with E-state index in [0.717, 1.165) is 28.0 Å². The van der Waals surface area contributed by atoms with Crippen LogP contribution >= 0.6 is 0 Å². The number of nitriles is 1. The van der Waals surface area contributed by atoms with E-state index >= 15 is 0 Å².